The Morgan fingerprint density at radius 3 is 2.61 bits per heavy atom. The predicted octanol–water partition coefficient (Wildman–Crippen LogP) is 5.09. The molecule has 4 rings (SSSR count). The molecule has 0 fully saturated rings. The fourth-order valence-corrected chi connectivity index (χ4v) is 3.05. The molecule has 0 unspecified atom stereocenters. The van der Waals surface area contributed by atoms with E-state index in [1.165, 1.54) is 19.2 Å². The van der Waals surface area contributed by atoms with Crippen molar-refractivity contribution >= 4 is 10.9 Å². The number of nitrogens with zero attached hydrogens (tertiary/aromatic N) is 2. The molecule has 0 bridgehead atoms. The Hall–Kier alpha value is -3.79. The van der Waals surface area contributed by atoms with Gasteiger partial charge in [0.15, 0.2) is 29.7 Å². The molecular formula is C21H16F3N3O4. The van der Waals surface area contributed by atoms with Crippen molar-refractivity contribution in [2.45, 2.75) is 6.18 Å². The second kappa shape index (κ2) is 8.15. The van der Waals surface area contributed by atoms with Crippen LogP contribution in [0.2, 0.25) is 0 Å². The average Bonchev–Trinajstić information content (AvgIpc) is 3.20. The fourth-order valence-electron chi connectivity index (χ4n) is 3.05. The van der Waals surface area contributed by atoms with E-state index in [4.69, 9.17) is 14.7 Å². The summed E-state index contributed by atoms with van der Waals surface area (Å²) in [6.45, 7) is -1.43. The van der Waals surface area contributed by atoms with Crippen LogP contribution in [-0.4, -0.2) is 40.1 Å². The summed E-state index contributed by atoms with van der Waals surface area (Å²) < 4.78 is 47.7. The van der Waals surface area contributed by atoms with Gasteiger partial charge in [-0.2, -0.15) is 13.2 Å². The standard InChI is InChI=1S/C21H16F3N3O4/c1-29-18-5-2-12(10-19(18)30-11-21(22,23)24)16-6-7-25-20(27-16)17-9-13-8-14(31-28)3-4-15(13)26-17/h2-10,26,28H,11H2,1H3. The number of H-pyrrole nitrogens is 1. The second-order valence-corrected chi connectivity index (χ2v) is 6.56. The number of alkyl halides is 3. The van der Waals surface area contributed by atoms with Crippen molar-refractivity contribution in [3.8, 4) is 40.0 Å². The van der Waals surface area contributed by atoms with E-state index in [2.05, 4.69) is 19.8 Å². The fraction of sp³-hybridized carbons (Fsp3) is 0.143. The van der Waals surface area contributed by atoms with E-state index < -0.39 is 12.8 Å². The summed E-state index contributed by atoms with van der Waals surface area (Å²) in [4.78, 5) is 16.2. The minimum atomic E-state index is -4.47. The first kappa shape index (κ1) is 20.5. The second-order valence-electron chi connectivity index (χ2n) is 6.56. The van der Waals surface area contributed by atoms with Gasteiger partial charge in [0.25, 0.3) is 0 Å². The molecular weight excluding hydrogens is 415 g/mol. The number of fused-ring (bicyclic) bond motifs is 1. The van der Waals surface area contributed by atoms with E-state index in [1.807, 2.05) is 0 Å². The molecule has 0 saturated carbocycles. The lowest BCUT2D eigenvalue weighted by molar-refractivity contribution is -0.153. The lowest BCUT2D eigenvalue weighted by Crippen LogP contribution is -2.19. The average molecular weight is 431 g/mol. The Labute approximate surface area is 174 Å². The van der Waals surface area contributed by atoms with E-state index in [9.17, 15) is 13.2 Å². The molecule has 10 heteroatoms. The molecule has 0 saturated heterocycles. The predicted molar refractivity (Wildman–Crippen MR) is 106 cm³/mol. The van der Waals surface area contributed by atoms with Gasteiger partial charge < -0.3 is 19.3 Å². The maximum absolute atomic E-state index is 12.6. The molecule has 0 radical (unpaired) electrons. The van der Waals surface area contributed by atoms with Gasteiger partial charge in [-0.05, 0) is 48.5 Å². The zero-order valence-corrected chi connectivity index (χ0v) is 16.1. The lowest BCUT2D eigenvalue weighted by atomic mass is 10.1. The molecule has 2 N–H and O–H groups in total. The minimum Gasteiger partial charge on any atom is -0.493 e. The number of hydrogen-bond donors (Lipinski definition) is 2. The number of ether oxygens (including phenoxy) is 2. The number of benzene rings is 2. The van der Waals surface area contributed by atoms with Crippen molar-refractivity contribution in [3.05, 3.63) is 54.7 Å². The number of aromatic nitrogens is 3. The Morgan fingerprint density at radius 2 is 1.87 bits per heavy atom. The van der Waals surface area contributed by atoms with Crippen LogP contribution in [0, 0.1) is 0 Å². The van der Waals surface area contributed by atoms with Crippen LogP contribution in [0.25, 0.3) is 33.7 Å². The Kier molecular flexibility index (Phi) is 5.38. The highest BCUT2D eigenvalue weighted by Gasteiger charge is 2.29. The molecule has 0 aliphatic carbocycles. The first-order chi connectivity index (χ1) is 14.9. The third kappa shape index (κ3) is 4.53. The Bertz CT molecular complexity index is 1220. The van der Waals surface area contributed by atoms with Crippen LogP contribution < -0.4 is 14.4 Å². The third-order valence-electron chi connectivity index (χ3n) is 4.44. The van der Waals surface area contributed by atoms with Gasteiger partial charge in [0, 0.05) is 22.7 Å². The summed E-state index contributed by atoms with van der Waals surface area (Å²) in [5.74, 6) is 0.811. The van der Waals surface area contributed by atoms with Crippen molar-refractivity contribution in [2.24, 2.45) is 0 Å². The molecule has 31 heavy (non-hydrogen) atoms. The van der Waals surface area contributed by atoms with Crippen LogP contribution in [0.5, 0.6) is 17.2 Å². The van der Waals surface area contributed by atoms with Gasteiger partial charge in [-0.1, -0.05) is 0 Å². The van der Waals surface area contributed by atoms with E-state index in [0.717, 1.165) is 10.9 Å². The summed E-state index contributed by atoms with van der Waals surface area (Å²) in [5.41, 5.74) is 2.43. The third-order valence-corrected chi connectivity index (χ3v) is 4.44. The van der Waals surface area contributed by atoms with Crippen molar-refractivity contribution in [1.29, 1.82) is 0 Å². The SMILES string of the molecule is COc1ccc(-c2ccnc(-c3cc4cc(OO)ccc4[nH]3)n2)cc1OCC(F)(F)F. The molecule has 7 nitrogen and oxygen atoms in total. The lowest BCUT2D eigenvalue weighted by Gasteiger charge is -2.13. The van der Waals surface area contributed by atoms with Crippen molar-refractivity contribution in [3.63, 3.8) is 0 Å². The van der Waals surface area contributed by atoms with Gasteiger partial charge >= 0.3 is 6.18 Å². The van der Waals surface area contributed by atoms with Crippen molar-refractivity contribution in [1.82, 2.24) is 15.0 Å². The van der Waals surface area contributed by atoms with E-state index >= 15 is 0 Å². The molecule has 2 aromatic heterocycles. The van der Waals surface area contributed by atoms with Gasteiger partial charge in [-0.15, -0.1) is 0 Å². The summed E-state index contributed by atoms with van der Waals surface area (Å²) in [7, 11) is 1.35. The zero-order valence-electron chi connectivity index (χ0n) is 16.1. The molecule has 2 aromatic carbocycles. The highest BCUT2D eigenvalue weighted by Crippen LogP contribution is 2.34. The highest BCUT2D eigenvalue weighted by molar-refractivity contribution is 5.86. The van der Waals surface area contributed by atoms with Crippen LogP contribution in [0.3, 0.4) is 0 Å². The number of rotatable bonds is 6. The van der Waals surface area contributed by atoms with Crippen LogP contribution >= 0.6 is 0 Å². The number of halogens is 3. The first-order valence-corrected chi connectivity index (χ1v) is 9.02. The van der Waals surface area contributed by atoms with Gasteiger partial charge in [0.05, 0.1) is 18.5 Å². The minimum absolute atomic E-state index is 0.0420. The number of methoxy groups -OCH3 is 1. The molecule has 0 atom stereocenters. The summed E-state index contributed by atoms with van der Waals surface area (Å²) in [5, 5.41) is 9.59. The van der Waals surface area contributed by atoms with Crippen LogP contribution in [0.1, 0.15) is 0 Å². The number of hydrogen-bond acceptors (Lipinski definition) is 6. The Morgan fingerprint density at radius 1 is 1.03 bits per heavy atom. The summed E-state index contributed by atoms with van der Waals surface area (Å²) in [6, 6.07) is 13.0. The summed E-state index contributed by atoms with van der Waals surface area (Å²) in [6.07, 6.45) is -2.93. The summed E-state index contributed by atoms with van der Waals surface area (Å²) >= 11 is 0. The van der Waals surface area contributed by atoms with E-state index in [-0.39, 0.29) is 17.2 Å². The largest absolute Gasteiger partial charge is 0.493 e. The maximum atomic E-state index is 12.6. The van der Waals surface area contributed by atoms with Crippen molar-refractivity contribution in [2.75, 3.05) is 13.7 Å². The topological polar surface area (TPSA) is 89.5 Å². The first-order valence-electron chi connectivity index (χ1n) is 9.02. The number of nitrogens with one attached hydrogen (secondary N) is 1. The van der Waals surface area contributed by atoms with Gasteiger partial charge in [0.2, 0.25) is 0 Å². The van der Waals surface area contributed by atoms with Crippen LogP contribution in [0.4, 0.5) is 13.2 Å². The molecule has 4 aromatic rings. The zero-order chi connectivity index (χ0) is 22.0. The molecule has 0 aliphatic heterocycles. The van der Waals surface area contributed by atoms with Gasteiger partial charge in [-0.25, -0.2) is 15.2 Å². The van der Waals surface area contributed by atoms with Gasteiger partial charge in [0.1, 0.15) is 0 Å². The maximum Gasteiger partial charge on any atom is 0.422 e. The quantitative estimate of drug-likeness (QED) is 0.326. The van der Waals surface area contributed by atoms with E-state index in [1.54, 1.807) is 42.6 Å². The van der Waals surface area contributed by atoms with E-state index in [0.29, 0.717) is 22.8 Å². The molecule has 0 aliphatic rings. The molecule has 2 heterocycles. The number of aromatic amines is 1. The monoisotopic (exact) mass is 431 g/mol. The molecule has 160 valence electrons. The van der Waals surface area contributed by atoms with Gasteiger partial charge in [-0.3, -0.25) is 0 Å². The van der Waals surface area contributed by atoms with Crippen molar-refractivity contribution < 1.29 is 32.8 Å². The highest BCUT2D eigenvalue weighted by atomic mass is 19.4. The Balaban J connectivity index is 1.68. The smallest absolute Gasteiger partial charge is 0.422 e. The van der Waals surface area contributed by atoms with Crippen LogP contribution in [0.15, 0.2) is 54.7 Å². The molecule has 0 spiro atoms. The normalized spacial score (nSPS) is 11.5. The van der Waals surface area contributed by atoms with Crippen LogP contribution in [-0.2, 0) is 0 Å². The molecule has 0 amide bonds.